The third-order valence-corrected chi connectivity index (χ3v) is 24.3. The molecule has 0 saturated heterocycles. The molecule has 0 N–H and O–H groups in total. The lowest BCUT2D eigenvalue weighted by Gasteiger charge is -2.12. The van der Waals surface area contributed by atoms with E-state index in [1.54, 1.807) is 0 Å². The third kappa shape index (κ3) is 12.9. The molecule has 0 aliphatic heterocycles. The molecule has 0 spiro atoms. The molecule has 0 radical (unpaired) electrons. The Balaban J connectivity index is 0.000000143. The zero-order valence-electron chi connectivity index (χ0n) is 67.5. The van der Waals surface area contributed by atoms with Crippen molar-refractivity contribution in [3.05, 3.63) is 461 Å². The smallest absolute Gasteiger partial charge is 0.160 e. The Hall–Kier alpha value is -16.7. The lowest BCUT2D eigenvalue weighted by Crippen LogP contribution is -1.96. The van der Waals surface area contributed by atoms with Crippen molar-refractivity contribution in [2.45, 2.75) is 0 Å². The summed E-state index contributed by atoms with van der Waals surface area (Å²) in [5.41, 5.74) is 33.3. The predicted octanol–water partition coefficient (Wildman–Crippen LogP) is 30.0. The monoisotopic (exact) mass is 1580 g/mol. The van der Waals surface area contributed by atoms with E-state index in [9.17, 15) is 0 Å². The van der Waals surface area contributed by atoms with Crippen LogP contribution in [0.2, 0.25) is 0 Å². The Labute approximate surface area is 716 Å². The van der Waals surface area contributed by atoms with Crippen molar-refractivity contribution < 1.29 is 0 Å². The second-order valence-electron chi connectivity index (χ2n) is 31.5. The molecule has 0 bridgehead atoms. The van der Waals surface area contributed by atoms with E-state index in [4.69, 9.17) is 19.9 Å². The van der Waals surface area contributed by atoms with Gasteiger partial charge in [0.25, 0.3) is 0 Å². The molecule has 6 aromatic heterocycles. The zero-order valence-corrected chi connectivity index (χ0v) is 67.5. The van der Waals surface area contributed by atoms with Crippen LogP contribution in [0.15, 0.2) is 461 Å². The van der Waals surface area contributed by atoms with Gasteiger partial charge < -0.3 is 18.3 Å². The Kier molecular flexibility index (Phi) is 18.1. The molecule has 0 atom stereocenters. The quantitative estimate of drug-likeness (QED) is 0.109. The molecule has 0 amide bonds. The fourth-order valence-corrected chi connectivity index (χ4v) is 18.6. The maximum absolute atomic E-state index is 5.08. The molecule has 580 valence electrons. The number of para-hydroxylation sites is 6. The van der Waals surface area contributed by atoms with Gasteiger partial charge in [-0.3, -0.25) is 0 Å². The van der Waals surface area contributed by atoms with Crippen LogP contribution in [-0.2, 0) is 0 Å². The Morgan fingerprint density at radius 1 is 0.137 bits per heavy atom. The minimum absolute atomic E-state index is 0.702. The summed E-state index contributed by atoms with van der Waals surface area (Å²) >= 11 is 0. The van der Waals surface area contributed by atoms with Crippen molar-refractivity contribution in [1.82, 2.24) is 38.2 Å². The molecule has 24 aromatic rings. The Morgan fingerprint density at radius 2 is 0.379 bits per heavy atom. The van der Waals surface area contributed by atoms with Crippen LogP contribution in [0.1, 0.15) is 0 Å². The molecule has 24 rings (SSSR count). The number of rotatable bonds is 14. The second kappa shape index (κ2) is 30.9. The fraction of sp³-hybridized carbons (Fsp3) is 0. The second-order valence-corrected chi connectivity index (χ2v) is 31.5. The van der Waals surface area contributed by atoms with Crippen molar-refractivity contribution in [2.75, 3.05) is 0 Å². The first-order valence-corrected chi connectivity index (χ1v) is 42.2. The van der Waals surface area contributed by atoms with Gasteiger partial charge in [0.1, 0.15) is 0 Å². The lowest BCUT2D eigenvalue weighted by molar-refractivity contribution is 1.18. The lowest BCUT2D eigenvalue weighted by atomic mass is 9.98. The molecule has 6 heterocycles. The topological polar surface area (TPSA) is 71.3 Å². The molecular formula is C116H76N8. The minimum Gasteiger partial charge on any atom is -0.309 e. The maximum atomic E-state index is 5.08. The highest BCUT2D eigenvalue weighted by molar-refractivity contribution is 6.19. The average molecular weight is 1580 g/mol. The van der Waals surface area contributed by atoms with Crippen LogP contribution in [0.25, 0.3) is 222 Å². The highest BCUT2D eigenvalue weighted by Gasteiger charge is 2.23. The first-order chi connectivity index (χ1) is 61.5. The van der Waals surface area contributed by atoms with Crippen molar-refractivity contribution in [2.24, 2.45) is 0 Å². The van der Waals surface area contributed by atoms with Gasteiger partial charge in [-0.05, 0) is 154 Å². The number of fused-ring (bicyclic) bond motifs is 12. The summed E-state index contributed by atoms with van der Waals surface area (Å²) in [4.78, 5) is 20.3. The summed E-state index contributed by atoms with van der Waals surface area (Å²) < 4.78 is 9.56. The van der Waals surface area contributed by atoms with E-state index >= 15 is 0 Å². The minimum atomic E-state index is 0.702. The summed E-state index contributed by atoms with van der Waals surface area (Å²) in [6, 6.07) is 164. The van der Waals surface area contributed by atoms with E-state index < -0.39 is 0 Å². The maximum Gasteiger partial charge on any atom is 0.160 e. The summed E-state index contributed by atoms with van der Waals surface area (Å²) in [5, 5.41) is 9.92. The van der Waals surface area contributed by atoms with Crippen molar-refractivity contribution in [1.29, 1.82) is 0 Å². The summed E-state index contributed by atoms with van der Waals surface area (Å²) in [5.74, 6) is 1.40. The molecule has 8 heteroatoms. The highest BCUT2D eigenvalue weighted by Crippen LogP contribution is 2.45. The largest absolute Gasteiger partial charge is 0.309 e. The van der Waals surface area contributed by atoms with Crippen LogP contribution in [-0.4, -0.2) is 38.2 Å². The number of nitrogens with zero attached hydrogens (tertiary/aromatic N) is 8. The van der Waals surface area contributed by atoms with Gasteiger partial charge in [0.2, 0.25) is 0 Å². The number of benzene rings is 18. The SMILES string of the molecule is c1ccc(-c2cc(-c3ccccc3)nc(-c3ccc(-c4cccc5c4c4ccccc4n5-c4ccc(-c5ccc6c7ccccc7n(-c7ccccc7)c6c5)cc4)cc3)n2)cc1.c1ccc(-c2cc(-c3ccccc3)nc(-c3ccc(-c4cccc5c4c4ccccc4n5-c4ccc(-c5cccc6c5c5ccccc5n6-c5ccccc5)cc4)cc3)n2)cc1. The van der Waals surface area contributed by atoms with Gasteiger partial charge in [-0.2, -0.15) is 0 Å². The first kappa shape index (κ1) is 72.5. The summed E-state index contributed by atoms with van der Waals surface area (Å²) in [7, 11) is 0. The molecule has 0 fully saturated rings. The molecular weight excluding hydrogens is 1510 g/mol. The molecule has 0 saturated carbocycles. The number of hydrogen-bond acceptors (Lipinski definition) is 4. The van der Waals surface area contributed by atoms with Crippen LogP contribution in [0.4, 0.5) is 0 Å². The first-order valence-electron chi connectivity index (χ1n) is 42.2. The molecule has 0 aliphatic carbocycles. The molecule has 124 heavy (non-hydrogen) atoms. The molecule has 0 unspecified atom stereocenters. The van der Waals surface area contributed by atoms with Crippen LogP contribution < -0.4 is 0 Å². The zero-order chi connectivity index (χ0) is 82.0. The Bertz CT molecular complexity index is 7990. The van der Waals surface area contributed by atoms with Crippen LogP contribution in [0.5, 0.6) is 0 Å². The normalized spacial score (nSPS) is 11.5. The van der Waals surface area contributed by atoms with Gasteiger partial charge in [0.15, 0.2) is 11.6 Å². The molecule has 0 aliphatic rings. The van der Waals surface area contributed by atoms with Crippen molar-refractivity contribution in [3.63, 3.8) is 0 Å². The standard InChI is InChI=1S/2C58H38N4/c1-4-16-41(17-5-1)50-38-51(42-18-6-2-7-19-42)60-58(59-50)43-32-30-39(31-33-43)46-24-14-29-55-56(46)49-23-11-13-27-53(49)62(55)45-36-34-40(35-37-45)47-25-15-28-54-57(47)48-22-10-12-26-52(48)61(54)44-20-8-3-9-21-44;1-4-15-41(16-5-1)51-38-52(42-17-6-2-7-18-42)60-58(59-51)43-29-27-40(28-30-43)47-23-14-26-55-57(47)50-22-11-13-25-54(50)61(55)46-34-31-39(32-35-46)44-33-36-49-48-21-10-12-24-53(48)62(56(49)37-44)45-19-8-3-9-20-45/h2*1-38H. The fourth-order valence-electron chi connectivity index (χ4n) is 18.6. The van der Waals surface area contributed by atoms with Crippen LogP contribution >= 0.6 is 0 Å². The van der Waals surface area contributed by atoms with Gasteiger partial charge in [-0.1, -0.05) is 352 Å². The van der Waals surface area contributed by atoms with E-state index in [1.807, 2.05) is 24.3 Å². The number of hydrogen-bond donors (Lipinski definition) is 0. The van der Waals surface area contributed by atoms with Gasteiger partial charge >= 0.3 is 0 Å². The molecule has 8 nitrogen and oxygen atoms in total. The van der Waals surface area contributed by atoms with Crippen molar-refractivity contribution in [3.8, 4) is 135 Å². The highest BCUT2D eigenvalue weighted by atomic mass is 15.0. The van der Waals surface area contributed by atoms with E-state index in [0.717, 1.165) is 90.0 Å². The van der Waals surface area contributed by atoms with Gasteiger partial charge in [-0.25, -0.2) is 19.9 Å². The van der Waals surface area contributed by atoms with Gasteiger partial charge in [0.05, 0.1) is 66.9 Å². The van der Waals surface area contributed by atoms with Gasteiger partial charge in [0, 0.05) is 99.2 Å². The molecule has 18 aromatic carbocycles. The predicted molar refractivity (Wildman–Crippen MR) is 516 cm³/mol. The van der Waals surface area contributed by atoms with Gasteiger partial charge in [-0.15, -0.1) is 0 Å². The van der Waals surface area contributed by atoms with E-state index in [2.05, 4.69) is 455 Å². The van der Waals surface area contributed by atoms with Crippen LogP contribution in [0, 0.1) is 0 Å². The summed E-state index contributed by atoms with van der Waals surface area (Å²) in [6.07, 6.45) is 0. The van der Waals surface area contributed by atoms with E-state index in [1.165, 1.54) is 121 Å². The average Bonchev–Trinajstić information content (AvgIpc) is 1.60. The third-order valence-electron chi connectivity index (χ3n) is 24.3. The Morgan fingerprint density at radius 3 is 0.726 bits per heavy atom. The summed E-state index contributed by atoms with van der Waals surface area (Å²) in [6.45, 7) is 0. The van der Waals surface area contributed by atoms with Crippen LogP contribution in [0.3, 0.4) is 0 Å². The van der Waals surface area contributed by atoms with E-state index in [0.29, 0.717) is 11.6 Å². The van der Waals surface area contributed by atoms with Crippen molar-refractivity contribution >= 4 is 87.2 Å². The van der Waals surface area contributed by atoms with E-state index in [-0.39, 0.29) is 0 Å². The number of aromatic nitrogens is 8.